The molecule has 2 aromatic carbocycles. The Hall–Kier alpha value is -3.97. The second-order valence-corrected chi connectivity index (χ2v) is 8.23. The van der Waals surface area contributed by atoms with Crippen molar-refractivity contribution in [2.24, 2.45) is 0 Å². The number of aryl methyl sites for hydroxylation is 1. The quantitative estimate of drug-likeness (QED) is 0.381. The molecule has 0 saturated carbocycles. The van der Waals surface area contributed by atoms with Gasteiger partial charge in [-0.3, -0.25) is 9.59 Å². The lowest BCUT2D eigenvalue weighted by Gasteiger charge is -2.20. The molecule has 2 aromatic heterocycles. The van der Waals surface area contributed by atoms with Crippen LogP contribution in [0.15, 0.2) is 70.0 Å². The first-order valence-corrected chi connectivity index (χ1v) is 11.1. The van der Waals surface area contributed by atoms with E-state index in [0.29, 0.717) is 28.0 Å². The second-order valence-electron chi connectivity index (χ2n) is 8.23. The van der Waals surface area contributed by atoms with E-state index in [1.807, 2.05) is 56.3 Å². The number of aliphatic hydroxyl groups is 1. The molecule has 7 nitrogen and oxygen atoms in total. The van der Waals surface area contributed by atoms with Gasteiger partial charge in [0.2, 0.25) is 0 Å². The molecule has 2 heterocycles. The lowest BCUT2D eigenvalue weighted by atomic mass is 9.98. The van der Waals surface area contributed by atoms with Gasteiger partial charge >= 0.3 is 0 Å². The first-order valence-electron chi connectivity index (χ1n) is 11.1. The zero-order valence-electron chi connectivity index (χ0n) is 19.4. The SMILES string of the molecule is Cc1cc([C@@H](C)Nc2cccnc2C(=O)NCCO)c2oc(-c3ccccc3)c(C)c(=O)c2c1. The number of aromatic nitrogens is 1. The molecular weight excluding hydrogens is 430 g/mol. The van der Waals surface area contributed by atoms with Crippen LogP contribution in [-0.4, -0.2) is 29.1 Å². The molecule has 0 fully saturated rings. The Labute approximate surface area is 197 Å². The van der Waals surface area contributed by atoms with Crippen LogP contribution in [0.4, 0.5) is 5.69 Å². The number of carbonyl (C=O) groups is 1. The predicted octanol–water partition coefficient (Wildman–Crippen LogP) is 4.37. The van der Waals surface area contributed by atoms with Crippen molar-refractivity contribution in [1.82, 2.24) is 10.3 Å². The van der Waals surface area contributed by atoms with Crippen LogP contribution in [0.3, 0.4) is 0 Å². The summed E-state index contributed by atoms with van der Waals surface area (Å²) in [5.41, 5.74) is 4.34. The van der Waals surface area contributed by atoms with Crippen LogP contribution in [0.5, 0.6) is 0 Å². The number of nitrogens with one attached hydrogen (secondary N) is 2. The molecule has 0 radical (unpaired) electrons. The number of hydrogen-bond acceptors (Lipinski definition) is 6. The fourth-order valence-corrected chi connectivity index (χ4v) is 4.02. The molecule has 0 aliphatic rings. The van der Waals surface area contributed by atoms with Crippen molar-refractivity contribution in [2.75, 3.05) is 18.5 Å². The third-order valence-corrected chi connectivity index (χ3v) is 5.69. The third kappa shape index (κ3) is 4.56. The zero-order valence-corrected chi connectivity index (χ0v) is 19.4. The summed E-state index contributed by atoms with van der Waals surface area (Å²) in [4.78, 5) is 30.0. The summed E-state index contributed by atoms with van der Waals surface area (Å²) >= 11 is 0. The number of rotatable bonds is 7. The zero-order chi connectivity index (χ0) is 24.2. The maximum absolute atomic E-state index is 13.3. The third-order valence-electron chi connectivity index (χ3n) is 5.69. The number of pyridine rings is 1. The molecule has 4 aromatic rings. The number of carbonyl (C=O) groups excluding carboxylic acids is 1. The van der Waals surface area contributed by atoms with Gasteiger partial charge in [0.15, 0.2) is 11.1 Å². The summed E-state index contributed by atoms with van der Waals surface area (Å²) < 4.78 is 6.37. The van der Waals surface area contributed by atoms with Crippen LogP contribution < -0.4 is 16.1 Å². The Balaban J connectivity index is 1.80. The number of hydrogen-bond donors (Lipinski definition) is 3. The Morgan fingerprint density at radius 3 is 2.62 bits per heavy atom. The van der Waals surface area contributed by atoms with E-state index in [1.54, 1.807) is 25.3 Å². The average Bonchev–Trinajstić information content (AvgIpc) is 2.85. The number of nitrogens with zero attached hydrogens (tertiary/aromatic N) is 1. The highest BCUT2D eigenvalue weighted by Crippen LogP contribution is 2.32. The molecule has 3 N–H and O–H groups in total. The Morgan fingerprint density at radius 1 is 1.12 bits per heavy atom. The van der Waals surface area contributed by atoms with Gasteiger partial charge in [-0.1, -0.05) is 36.4 Å². The summed E-state index contributed by atoms with van der Waals surface area (Å²) in [6, 6.07) is 16.6. The van der Waals surface area contributed by atoms with Gasteiger partial charge in [-0.05, 0) is 44.5 Å². The Bertz CT molecular complexity index is 1400. The minimum absolute atomic E-state index is 0.0669. The van der Waals surface area contributed by atoms with Crippen LogP contribution in [0.1, 0.15) is 40.1 Å². The standard InChI is InChI=1S/C27H27N3O4/c1-16-14-20(18(3)30-22-10-7-11-28-23(22)27(33)29-12-13-31)26-21(15-16)24(32)17(2)25(34-26)19-8-5-4-6-9-19/h4-11,14-15,18,30-31H,12-13H2,1-3H3,(H,29,33)/t18-/m1/s1. The van der Waals surface area contributed by atoms with Gasteiger partial charge < -0.3 is 20.2 Å². The van der Waals surface area contributed by atoms with Crippen LogP contribution >= 0.6 is 0 Å². The van der Waals surface area contributed by atoms with Gasteiger partial charge in [-0.2, -0.15) is 0 Å². The molecule has 0 bridgehead atoms. The molecule has 0 aliphatic heterocycles. The van der Waals surface area contributed by atoms with E-state index in [-0.39, 0.29) is 36.2 Å². The topological polar surface area (TPSA) is 104 Å². The maximum atomic E-state index is 13.3. The maximum Gasteiger partial charge on any atom is 0.272 e. The Morgan fingerprint density at radius 2 is 1.88 bits per heavy atom. The van der Waals surface area contributed by atoms with Gasteiger partial charge in [0.25, 0.3) is 5.91 Å². The molecule has 174 valence electrons. The van der Waals surface area contributed by atoms with Crippen LogP contribution in [0.2, 0.25) is 0 Å². The van der Waals surface area contributed by atoms with Gasteiger partial charge in [0.05, 0.1) is 23.7 Å². The number of anilines is 1. The van der Waals surface area contributed by atoms with Crippen molar-refractivity contribution < 1.29 is 14.3 Å². The Kier molecular flexibility index (Phi) is 6.75. The predicted molar refractivity (Wildman–Crippen MR) is 133 cm³/mol. The molecular formula is C27H27N3O4. The molecule has 0 saturated heterocycles. The van der Waals surface area contributed by atoms with Crippen LogP contribution in [0, 0.1) is 13.8 Å². The number of benzene rings is 2. The van der Waals surface area contributed by atoms with E-state index in [0.717, 1.165) is 16.7 Å². The summed E-state index contributed by atoms with van der Waals surface area (Å²) in [6.07, 6.45) is 1.54. The average molecular weight is 458 g/mol. The lowest BCUT2D eigenvalue weighted by molar-refractivity contribution is 0.0940. The fourth-order valence-electron chi connectivity index (χ4n) is 4.02. The fraction of sp³-hybridized carbons (Fsp3) is 0.222. The number of fused-ring (bicyclic) bond motifs is 1. The summed E-state index contributed by atoms with van der Waals surface area (Å²) in [6.45, 7) is 5.64. The largest absolute Gasteiger partial charge is 0.455 e. The molecule has 4 rings (SSSR count). The molecule has 1 amide bonds. The molecule has 0 spiro atoms. The van der Waals surface area contributed by atoms with E-state index in [2.05, 4.69) is 15.6 Å². The smallest absolute Gasteiger partial charge is 0.272 e. The summed E-state index contributed by atoms with van der Waals surface area (Å²) in [5.74, 6) is 0.160. The highest BCUT2D eigenvalue weighted by atomic mass is 16.3. The van der Waals surface area contributed by atoms with Gasteiger partial charge in [0, 0.05) is 29.4 Å². The lowest BCUT2D eigenvalue weighted by Crippen LogP contribution is -2.28. The van der Waals surface area contributed by atoms with E-state index in [1.165, 1.54) is 0 Å². The van der Waals surface area contributed by atoms with Gasteiger partial charge in [-0.25, -0.2) is 4.98 Å². The van der Waals surface area contributed by atoms with E-state index in [4.69, 9.17) is 9.52 Å². The van der Waals surface area contributed by atoms with E-state index in [9.17, 15) is 9.59 Å². The normalized spacial score (nSPS) is 11.9. The molecule has 1 atom stereocenters. The summed E-state index contributed by atoms with van der Waals surface area (Å²) in [5, 5.41) is 15.5. The minimum atomic E-state index is -0.382. The van der Waals surface area contributed by atoms with Crippen molar-refractivity contribution in [2.45, 2.75) is 26.8 Å². The van der Waals surface area contributed by atoms with Gasteiger partial charge in [0.1, 0.15) is 11.3 Å². The van der Waals surface area contributed by atoms with E-state index < -0.39 is 0 Å². The number of aliphatic hydroxyl groups excluding tert-OH is 1. The van der Waals surface area contributed by atoms with Crippen LogP contribution in [0.25, 0.3) is 22.3 Å². The van der Waals surface area contributed by atoms with Gasteiger partial charge in [-0.15, -0.1) is 0 Å². The molecule has 0 aliphatic carbocycles. The minimum Gasteiger partial charge on any atom is -0.455 e. The molecule has 34 heavy (non-hydrogen) atoms. The molecule has 0 unspecified atom stereocenters. The monoisotopic (exact) mass is 457 g/mol. The van der Waals surface area contributed by atoms with Crippen molar-refractivity contribution in [3.05, 3.63) is 93.4 Å². The van der Waals surface area contributed by atoms with Crippen LogP contribution in [-0.2, 0) is 0 Å². The summed E-state index contributed by atoms with van der Waals surface area (Å²) in [7, 11) is 0. The first-order chi connectivity index (χ1) is 16.4. The van der Waals surface area contributed by atoms with Crippen molar-refractivity contribution in [3.8, 4) is 11.3 Å². The van der Waals surface area contributed by atoms with Crippen molar-refractivity contribution in [1.29, 1.82) is 0 Å². The van der Waals surface area contributed by atoms with Crippen molar-refractivity contribution >= 4 is 22.6 Å². The number of amides is 1. The highest BCUT2D eigenvalue weighted by Gasteiger charge is 2.20. The highest BCUT2D eigenvalue weighted by molar-refractivity contribution is 5.97. The second kappa shape index (κ2) is 9.89. The molecule has 7 heteroatoms. The first kappa shape index (κ1) is 23.2. The van der Waals surface area contributed by atoms with E-state index >= 15 is 0 Å². The van der Waals surface area contributed by atoms with Crippen molar-refractivity contribution in [3.63, 3.8) is 0 Å².